The van der Waals surface area contributed by atoms with Crippen LogP contribution in [0.1, 0.15) is 36.5 Å². The lowest BCUT2D eigenvalue weighted by atomic mass is 10.1. The van der Waals surface area contributed by atoms with E-state index in [9.17, 15) is 9.59 Å². The Labute approximate surface area is 206 Å². The predicted molar refractivity (Wildman–Crippen MR) is 135 cm³/mol. The minimum atomic E-state index is -0.684. The molecular formula is C29H30O6. The number of benzene rings is 3. The van der Waals surface area contributed by atoms with E-state index in [-0.39, 0.29) is 0 Å². The second kappa shape index (κ2) is 13.0. The van der Waals surface area contributed by atoms with Crippen LogP contribution in [-0.4, -0.2) is 31.8 Å². The van der Waals surface area contributed by atoms with Crippen molar-refractivity contribution >= 4 is 11.9 Å². The lowest BCUT2D eigenvalue weighted by molar-refractivity contribution is -0.147. The van der Waals surface area contributed by atoms with Gasteiger partial charge in [0.15, 0.2) is 6.10 Å². The Balaban J connectivity index is 1.53. The van der Waals surface area contributed by atoms with Gasteiger partial charge in [-0.25, -0.2) is 9.59 Å². The van der Waals surface area contributed by atoms with Crippen LogP contribution in [0.2, 0.25) is 0 Å². The molecule has 6 heteroatoms. The van der Waals surface area contributed by atoms with Crippen molar-refractivity contribution < 1.29 is 28.5 Å². The summed E-state index contributed by atoms with van der Waals surface area (Å²) in [6, 6.07) is 21.5. The first-order valence-corrected chi connectivity index (χ1v) is 11.5. The fraction of sp³-hybridized carbons (Fsp3) is 0.241. The van der Waals surface area contributed by atoms with E-state index >= 15 is 0 Å². The number of carbonyl (C=O) groups is 2. The van der Waals surface area contributed by atoms with Crippen molar-refractivity contribution in [1.82, 2.24) is 0 Å². The van der Waals surface area contributed by atoms with Crippen LogP contribution in [0.15, 0.2) is 85.5 Å². The van der Waals surface area contributed by atoms with Crippen molar-refractivity contribution in [1.29, 1.82) is 0 Å². The molecule has 0 fully saturated rings. The first-order valence-electron chi connectivity index (χ1n) is 11.5. The van der Waals surface area contributed by atoms with E-state index in [4.69, 9.17) is 14.2 Å². The van der Waals surface area contributed by atoms with Gasteiger partial charge in [0.2, 0.25) is 0 Å². The van der Waals surface area contributed by atoms with Gasteiger partial charge in [0, 0.05) is 0 Å². The van der Waals surface area contributed by atoms with E-state index in [0.29, 0.717) is 23.7 Å². The summed E-state index contributed by atoms with van der Waals surface area (Å²) in [7, 11) is 1.33. The molecule has 0 N–H and O–H groups in total. The maximum atomic E-state index is 12.5. The highest BCUT2D eigenvalue weighted by Crippen LogP contribution is 2.25. The third-order valence-corrected chi connectivity index (χ3v) is 5.26. The molecule has 0 aliphatic heterocycles. The highest BCUT2D eigenvalue weighted by molar-refractivity contribution is 5.91. The Bertz CT molecular complexity index is 1100. The van der Waals surface area contributed by atoms with Crippen LogP contribution in [0, 0.1) is 0 Å². The zero-order chi connectivity index (χ0) is 25.0. The molecule has 6 nitrogen and oxygen atoms in total. The molecular weight excluding hydrogens is 444 g/mol. The Morgan fingerprint density at radius 3 is 1.97 bits per heavy atom. The number of hydrogen-bond donors (Lipinski definition) is 0. The fourth-order valence-corrected chi connectivity index (χ4v) is 3.29. The quantitative estimate of drug-likeness (QED) is 0.134. The highest BCUT2D eigenvalue weighted by Gasteiger charge is 2.14. The van der Waals surface area contributed by atoms with E-state index in [1.807, 2.05) is 30.3 Å². The number of hydrogen-bond acceptors (Lipinski definition) is 6. The van der Waals surface area contributed by atoms with Crippen LogP contribution >= 0.6 is 0 Å². The molecule has 0 saturated carbocycles. The first-order chi connectivity index (χ1) is 17.0. The molecule has 0 saturated heterocycles. The van der Waals surface area contributed by atoms with Gasteiger partial charge in [-0.1, -0.05) is 30.3 Å². The number of carbonyl (C=O) groups excluding carboxylic acids is 2. The molecule has 0 amide bonds. The van der Waals surface area contributed by atoms with Crippen LogP contribution in [0.25, 0.3) is 11.1 Å². The third-order valence-electron chi connectivity index (χ3n) is 5.26. The maximum Gasteiger partial charge on any atom is 0.346 e. The first kappa shape index (κ1) is 25.6. The zero-order valence-corrected chi connectivity index (χ0v) is 20.1. The summed E-state index contributed by atoms with van der Waals surface area (Å²) >= 11 is 0. The third kappa shape index (κ3) is 7.74. The lowest BCUT2D eigenvalue weighted by Gasteiger charge is -2.12. The topological polar surface area (TPSA) is 71.1 Å². The van der Waals surface area contributed by atoms with E-state index in [1.165, 1.54) is 7.11 Å². The van der Waals surface area contributed by atoms with Gasteiger partial charge in [-0.15, -0.1) is 6.58 Å². The van der Waals surface area contributed by atoms with Crippen LogP contribution < -0.4 is 14.2 Å². The predicted octanol–water partition coefficient (Wildman–Crippen LogP) is 6.25. The number of esters is 2. The normalized spacial score (nSPS) is 11.3. The SMILES string of the molecule is C=CCCCCOc1ccc(C(=O)Oc2ccc(-c3ccc(O[C@@H](C)C(=O)OC)cc3)cc2)cc1. The van der Waals surface area contributed by atoms with Gasteiger partial charge in [0.05, 0.1) is 19.3 Å². The number of methoxy groups -OCH3 is 1. The number of rotatable bonds is 12. The Morgan fingerprint density at radius 2 is 1.40 bits per heavy atom. The molecule has 35 heavy (non-hydrogen) atoms. The second-order valence-electron chi connectivity index (χ2n) is 7.88. The average molecular weight is 475 g/mol. The standard InChI is InChI=1S/C29H30O6/c1-4-5-6-7-20-33-25-14-12-24(13-15-25)29(31)35-27-18-10-23(11-19-27)22-8-16-26(17-9-22)34-21(2)28(30)32-3/h4,8-19,21H,1,5-7,20H2,2-3H3/t21-/m0/s1. The zero-order valence-electron chi connectivity index (χ0n) is 20.1. The van der Waals surface area contributed by atoms with E-state index in [1.54, 1.807) is 55.5 Å². The maximum absolute atomic E-state index is 12.5. The minimum Gasteiger partial charge on any atom is -0.494 e. The van der Waals surface area contributed by atoms with Crippen molar-refractivity contribution in [3.8, 4) is 28.4 Å². The molecule has 1 atom stereocenters. The Kier molecular flexibility index (Phi) is 9.49. The number of ether oxygens (including phenoxy) is 4. The molecule has 3 aromatic carbocycles. The summed E-state index contributed by atoms with van der Waals surface area (Å²) in [5.74, 6) is 0.880. The molecule has 0 heterocycles. The van der Waals surface area contributed by atoms with Crippen LogP contribution in [-0.2, 0) is 9.53 Å². The van der Waals surface area contributed by atoms with Gasteiger partial charge < -0.3 is 18.9 Å². The van der Waals surface area contributed by atoms with Crippen molar-refractivity contribution in [3.05, 3.63) is 91.0 Å². The molecule has 0 aliphatic carbocycles. The molecule has 0 unspecified atom stereocenters. The molecule has 0 aromatic heterocycles. The minimum absolute atomic E-state index is 0.432. The van der Waals surface area contributed by atoms with Crippen molar-refractivity contribution in [2.45, 2.75) is 32.3 Å². The van der Waals surface area contributed by atoms with E-state index < -0.39 is 18.0 Å². The fourth-order valence-electron chi connectivity index (χ4n) is 3.29. The van der Waals surface area contributed by atoms with Crippen molar-refractivity contribution in [2.75, 3.05) is 13.7 Å². The molecule has 0 spiro atoms. The Hall–Kier alpha value is -4.06. The average Bonchev–Trinajstić information content (AvgIpc) is 2.89. The largest absolute Gasteiger partial charge is 0.494 e. The second-order valence-corrected chi connectivity index (χ2v) is 7.88. The molecule has 3 aromatic rings. The van der Waals surface area contributed by atoms with Crippen LogP contribution in [0.5, 0.6) is 17.2 Å². The molecule has 0 aliphatic rings. The van der Waals surface area contributed by atoms with Gasteiger partial charge >= 0.3 is 11.9 Å². The molecule has 3 rings (SSSR count). The molecule has 0 bridgehead atoms. The van der Waals surface area contributed by atoms with Gasteiger partial charge in [0.25, 0.3) is 0 Å². The summed E-state index contributed by atoms with van der Waals surface area (Å²) < 4.78 is 21.4. The monoisotopic (exact) mass is 474 g/mol. The highest BCUT2D eigenvalue weighted by atomic mass is 16.6. The molecule has 0 radical (unpaired) electrons. The smallest absolute Gasteiger partial charge is 0.346 e. The van der Waals surface area contributed by atoms with E-state index in [0.717, 1.165) is 36.1 Å². The summed E-state index contributed by atoms with van der Waals surface area (Å²) in [5.41, 5.74) is 2.36. The van der Waals surface area contributed by atoms with Gasteiger partial charge in [-0.05, 0) is 85.8 Å². The Morgan fingerprint density at radius 1 is 0.829 bits per heavy atom. The summed E-state index contributed by atoms with van der Waals surface area (Å²) in [5, 5.41) is 0. The van der Waals surface area contributed by atoms with Crippen LogP contribution in [0.4, 0.5) is 0 Å². The molecule has 182 valence electrons. The van der Waals surface area contributed by atoms with E-state index in [2.05, 4.69) is 11.3 Å². The van der Waals surface area contributed by atoms with Crippen molar-refractivity contribution in [2.24, 2.45) is 0 Å². The summed E-state index contributed by atoms with van der Waals surface area (Å²) in [4.78, 5) is 24.0. The number of allylic oxidation sites excluding steroid dienone is 1. The summed E-state index contributed by atoms with van der Waals surface area (Å²) in [6.45, 7) is 5.97. The van der Waals surface area contributed by atoms with Crippen molar-refractivity contribution in [3.63, 3.8) is 0 Å². The lowest BCUT2D eigenvalue weighted by Crippen LogP contribution is -2.24. The van der Waals surface area contributed by atoms with Crippen LogP contribution in [0.3, 0.4) is 0 Å². The van der Waals surface area contributed by atoms with Gasteiger partial charge in [-0.3, -0.25) is 0 Å². The van der Waals surface area contributed by atoms with Gasteiger partial charge in [-0.2, -0.15) is 0 Å². The number of unbranched alkanes of at least 4 members (excludes halogenated alkanes) is 2. The van der Waals surface area contributed by atoms with Gasteiger partial charge in [0.1, 0.15) is 17.2 Å². The summed E-state index contributed by atoms with van der Waals surface area (Å²) in [6.07, 6.45) is 4.20.